The fourth-order valence-electron chi connectivity index (χ4n) is 2.02. The standard InChI is InChI=1S/C12H17FN2O/c1-8-5-11(10(14)6-9(8)13)15-12(7-16)3-2-4-12/h5-6,15-16H,2-4,7,14H2,1H3. The third-order valence-electron chi connectivity index (χ3n) is 3.34. The van der Waals surface area contributed by atoms with E-state index in [1.165, 1.54) is 6.07 Å². The van der Waals surface area contributed by atoms with E-state index in [9.17, 15) is 9.50 Å². The van der Waals surface area contributed by atoms with Crippen molar-refractivity contribution >= 4 is 11.4 Å². The minimum Gasteiger partial charge on any atom is -0.397 e. The number of benzene rings is 1. The first kappa shape index (κ1) is 11.2. The lowest BCUT2D eigenvalue weighted by Crippen LogP contribution is -2.48. The summed E-state index contributed by atoms with van der Waals surface area (Å²) in [4.78, 5) is 0. The summed E-state index contributed by atoms with van der Waals surface area (Å²) in [7, 11) is 0. The average Bonchev–Trinajstić information content (AvgIpc) is 2.19. The van der Waals surface area contributed by atoms with Crippen LogP contribution < -0.4 is 11.1 Å². The van der Waals surface area contributed by atoms with Crippen molar-refractivity contribution in [3.05, 3.63) is 23.5 Å². The Labute approximate surface area is 94.5 Å². The van der Waals surface area contributed by atoms with Crippen molar-refractivity contribution in [2.75, 3.05) is 17.7 Å². The second kappa shape index (κ2) is 3.94. The molecule has 3 nitrogen and oxygen atoms in total. The van der Waals surface area contributed by atoms with Crippen molar-refractivity contribution in [2.45, 2.75) is 31.7 Å². The Morgan fingerprint density at radius 2 is 2.19 bits per heavy atom. The quantitative estimate of drug-likeness (QED) is 0.689. The number of anilines is 2. The smallest absolute Gasteiger partial charge is 0.128 e. The predicted molar refractivity (Wildman–Crippen MR) is 62.8 cm³/mol. The highest BCUT2D eigenvalue weighted by molar-refractivity contribution is 5.68. The van der Waals surface area contributed by atoms with Gasteiger partial charge in [-0.25, -0.2) is 4.39 Å². The molecule has 1 saturated carbocycles. The van der Waals surface area contributed by atoms with Crippen molar-refractivity contribution in [3.8, 4) is 0 Å². The van der Waals surface area contributed by atoms with Crippen molar-refractivity contribution in [3.63, 3.8) is 0 Å². The fraction of sp³-hybridized carbons (Fsp3) is 0.500. The van der Waals surface area contributed by atoms with Crippen molar-refractivity contribution in [2.24, 2.45) is 0 Å². The van der Waals surface area contributed by atoms with Gasteiger partial charge in [-0.1, -0.05) is 0 Å². The largest absolute Gasteiger partial charge is 0.397 e. The molecule has 4 N–H and O–H groups in total. The molecule has 4 heteroatoms. The van der Waals surface area contributed by atoms with Gasteiger partial charge >= 0.3 is 0 Å². The van der Waals surface area contributed by atoms with E-state index in [2.05, 4.69) is 5.32 Å². The summed E-state index contributed by atoms with van der Waals surface area (Å²) < 4.78 is 13.2. The Morgan fingerprint density at radius 1 is 1.50 bits per heavy atom. The van der Waals surface area contributed by atoms with Crippen molar-refractivity contribution < 1.29 is 9.50 Å². The summed E-state index contributed by atoms with van der Waals surface area (Å²) in [5, 5.41) is 12.6. The molecule has 0 heterocycles. The summed E-state index contributed by atoms with van der Waals surface area (Å²) in [6.45, 7) is 1.79. The molecule has 2 rings (SSSR count). The van der Waals surface area contributed by atoms with E-state index in [-0.39, 0.29) is 18.0 Å². The van der Waals surface area contributed by atoms with Gasteiger partial charge in [0.2, 0.25) is 0 Å². The summed E-state index contributed by atoms with van der Waals surface area (Å²) in [6.07, 6.45) is 2.96. The second-order valence-corrected chi connectivity index (χ2v) is 4.61. The number of nitrogens with two attached hydrogens (primary N) is 1. The molecule has 0 aliphatic heterocycles. The average molecular weight is 224 g/mol. The maximum absolute atomic E-state index is 13.2. The third kappa shape index (κ3) is 1.85. The van der Waals surface area contributed by atoms with Gasteiger partial charge in [0, 0.05) is 0 Å². The number of nitrogen functional groups attached to an aromatic ring is 1. The van der Waals surface area contributed by atoms with Crippen LogP contribution in [0.15, 0.2) is 12.1 Å². The Hall–Kier alpha value is -1.29. The van der Waals surface area contributed by atoms with Gasteiger partial charge in [-0.2, -0.15) is 0 Å². The molecular formula is C12H17FN2O. The molecule has 0 unspecified atom stereocenters. The molecule has 88 valence electrons. The second-order valence-electron chi connectivity index (χ2n) is 4.61. The summed E-state index contributed by atoms with van der Waals surface area (Å²) in [5.41, 5.74) is 7.16. The number of hydrogen-bond acceptors (Lipinski definition) is 3. The minimum atomic E-state index is -0.297. The first-order valence-corrected chi connectivity index (χ1v) is 5.51. The van der Waals surface area contributed by atoms with Crippen LogP contribution in [0.25, 0.3) is 0 Å². The molecule has 1 aromatic carbocycles. The van der Waals surface area contributed by atoms with Gasteiger partial charge < -0.3 is 16.2 Å². The molecule has 0 aromatic heterocycles. The van der Waals surface area contributed by atoms with Crippen molar-refractivity contribution in [1.29, 1.82) is 0 Å². The van der Waals surface area contributed by atoms with Gasteiger partial charge in [0.1, 0.15) is 5.82 Å². The van der Waals surface area contributed by atoms with E-state index >= 15 is 0 Å². The molecule has 0 bridgehead atoms. The number of rotatable bonds is 3. The van der Waals surface area contributed by atoms with Gasteiger partial charge in [0.15, 0.2) is 0 Å². The van der Waals surface area contributed by atoms with Crippen LogP contribution in [0.4, 0.5) is 15.8 Å². The molecular weight excluding hydrogens is 207 g/mol. The monoisotopic (exact) mass is 224 g/mol. The SMILES string of the molecule is Cc1cc(NC2(CO)CCC2)c(N)cc1F. The van der Waals surface area contributed by atoms with Gasteiger partial charge in [-0.3, -0.25) is 0 Å². The number of aliphatic hydroxyl groups is 1. The van der Waals surface area contributed by atoms with E-state index < -0.39 is 0 Å². The molecule has 0 atom stereocenters. The van der Waals surface area contributed by atoms with E-state index in [4.69, 9.17) is 5.73 Å². The number of nitrogens with one attached hydrogen (secondary N) is 1. The molecule has 0 spiro atoms. The van der Waals surface area contributed by atoms with Crippen LogP contribution >= 0.6 is 0 Å². The van der Waals surface area contributed by atoms with Gasteiger partial charge in [0.25, 0.3) is 0 Å². The van der Waals surface area contributed by atoms with Crippen LogP contribution in [-0.2, 0) is 0 Å². The van der Waals surface area contributed by atoms with E-state index in [0.29, 0.717) is 16.9 Å². The molecule has 0 radical (unpaired) electrons. The van der Waals surface area contributed by atoms with Crippen LogP contribution in [-0.4, -0.2) is 17.3 Å². The zero-order chi connectivity index (χ0) is 11.8. The predicted octanol–water partition coefficient (Wildman–Crippen LogP) is 2.04. The molecule has 0 saturated heterocycles. The molecule has 1 fully saturated rings. The van der Waals surface area contributed by atoms with Gasteiger partial charge in [-0.05, 0) is 43.9 Å². The summed E-state index contributed by atoms with van der Waals surface area (Å²) in [6, 6.07) is 3.02. The van der Waals surface area contributed by atoms with E-state index in [1.807, 2.05) is 0 Å². The Kier molecular flexibility index (Phi) is 2.76. The van der Waals surface area contributed by atoms with Crippen LogP contribution in [0.3, 0.4) is 0 Å². The molecule has 16 heavy (non-hydrogen) atoms. The third-order valence-corrected chi connectivity index (χ3v) is 3.34. The van der Waals surface area contributed by atoms with Crippen LogP contribution in [0.1, 0.15) is 24.8 Å². The zero-order valence-electron chi connectivity index (χ0n) is 9.39. The number of hydrogen-bond donors (Lipinski definition) is 3. The first-order chi connectivity index (χ1) is 7.56. The van der Waals surface area contributed by atoms with Crippen LogP contribution in [0.5, 0.6) is 0 Å². The number of halogens is 1. The normalized spacial score (nSPS) is 17.9. The lowest BCUT2D eigenvalue weighted by molar-refractivity contribution is 0.144. The Bertz CT molecular complexity index is 397. The highest BCUT2D eigenvalue weighted by Crippen LogP contribution is 2.36. The highest BCUT2D eigenvalue weighted by Gasteiger charge is 2.36. The zero-order valence-corrected chi connectivity index (χ0v) is 9.39. The van der Waals surface area contributed by atoms with Crippen LogP contribution in [0, 0.1) is 12.7 Å². The summed E-state index contributed by atoms with van der Waals surface area (Å²) >= 11 is 0. The molecule has 0 amide bonds. The van der Waals surface area contributed by atoms with Crippen LogP contribution in [0.2, 0.25) is 0 Å². The maximum Gasteiger partial charge on any atom is 0.128 e. The molecule has 1 aromatic rings. The first-order valence-electron chi connectivity index (χ1n) is 5.51. The van der Waals surface area contributed by atoms with Gasteiger partial charge in [-0.15, -0.1) is 0 Å². The number of aliphatic hydroxyl groups excluding tert-OH is 1. The molecule has 1 aliphatic rings. The lowest BCUT2D eigenvalue weighted by Gasteiger charge is -2.42. The van der Waals surface area contributed by atoms with Gasteiger partial charge in [0.05, 0.1) is 23.5 Å². The molecule has 1 aliphatic carbocycles. The van der Waals surface area contributed by atoms with Crippen molar-refractivity contribution in [1.82, 2.24) is 0 Å². The Balaban J connectivity index is 2.24. The minimum absolute atomic E-state index is 0.0862. The lowest BCUT2D eigenvalue weighted by atomic mass is 9.77. The maximum atomic E-state index is 13.2. The summed E-state index contributed by atoms with van der Waals surface area (Å²) in [5.74, 6) is -0.297. The van der Waals surface area contributed by atoms with E-state index in [1.54, 1.807) is 13.0 Å². The van der Waals surface area contributed by atoms with E-state index in [0.717, 1.165) is 19.3 Å². The topological polar surface area (TPSA) is 58.3 Å². The fourth-order valence-corrected chi connectivity index (χ4v) is 2.02. The highest BCUT2D eigenvalue weighted by atomic mass is 19.1. The number of aryl methyl sites for hydroxylation is 1. The Morgan fingerprint density at radius 3 is 2.69 bits per heavy atom.